The summed E-state index contributed by atoms with van der Waals surface area (Å²) in [6.07, 6.45) is 5.32. The molecule has 0 aromatic heterocycles. The molecule has 0 radical (unpaired) electrons. The van der Waals surface area contributed by atoms with Crippen molar-refractivity contribution in [1.29, 1.82) is 0 Å². The molecule has 0 aliphatic heterocycles. The summed E-state index contributed by atoms with van der Waals surface area (Å²) >= 11 is 12.5. The lowest BCUT2D eigenvalue weighted by Gasteiger charge is -2.37. The van der Waals surface area contributed by atoms with Crippen molar-refractivity contribution >= 4 is 35.1 Å². The van der Waals surface area contributed by atoms with Crippen LogP contribution in [0.3, 0.4) is 0 Å². The van der Waals surface area contributed by atoms with Gasteiger partial charge in [-0.3, -0.25) is 9.59 Å². The number of primary amides is 1. The summed E-state index contributed by atoms with van der Waals surface area (Å²) in [5.41, 5.74) is 7.04. The molecule has 0 heterocycles. The van der Waals surface area contributed by atoms with Gasteiger partial charge in [-0.15, -0.1) is 0 Å². The van der Waals surface area contributed by atoms with Crippen LogP contribution in [0, 0.1) is 11.3 Å². The summed E-state index contributed by atoms with van der Waals surface area (Å²) in [5, 5.41) is 10.9. The van der Waals surface area contributed by atoms with Crippen LogP contribution in [-0.2, 0) is 16.0 Å². The molecule has 0 saturated heterocycles. The first-order chi connectivity index (χ1) is 13.3. The molecule has 2 aromatic carbocycles. The van der Waals surface area contributed by atoms with Crippen LogP contribution in [0.15, 0.2) is 54.6 Å². The lowest BCUT2D eigenvalue weighted by atomic mass is 9.65. The second kappa shape index (κ2) is 8.38. The van der Waals surface area contributed by atoms with E-state index in [2.05, 4.69) is 0 Å². The van der Waals surface area contributed by atoms with E-state index in [1.165, 1.54) is 0 Å². The highest BCUT2D eigenvalue weighted by molar-refractivity contribution is 6.32. The Balaban J connectivity index is 1.93. The fourth-order valence-corrected chi connectivity index (χ4v) is 4.31. The fraction of sp³-hybridized carbons (Fsp3) is 0.273. The Morgan fingerprint density at radius 1 is 1.11 bits per heavy atom. The lowest BCUT2D eigenvalue weighted by molar-refractivity contribution is -0.152. The third-order valence-corrected chi connectivity index (χ3v) is 6.08. The van der Waals surface area contributed by atoms with E-state index in [9.17, 15) is 14.7 Å². The minimum Gasteiger partial charge on any atom is -0.481 e. The molecular weight excluding hydrogens is 397 g/mol. The molecule has 6 heteroatoms. The van der Waals surface area contributed by atoms with E-state index in [-0.39, 0.29) is 6.42 Å². The van der Waals surface area contributed by atoms with Crippen molar-refractivity contribution in [3.8, 4) is 11.1 Å². The first kappa shape index (κ1) is 20.4. The van der Waals surface area contributed by atoms with Crippen molar-refractivity contribution in [3.63, 3.8) is 0 Å². The van der Waals surface area contributed by atoms with E-state index in [1.807, 2.05) is 42.5 Å². The van der Waals surface area contributed by atoms with Crippen LogP contribution in [0.4, 0.5) is 0 Å². The minimum atomic E-state index is -1.10. The Kier molecular flexibility index (Phi) is 6.11. The monoisotopic (exact) mass is 417 g/mol. The molecule has 1 aliphatic rings. The quantitative estimate of drug-likeness (QED) is 0.640. The van der Waals surface area contributed by atoms with Crippen molar-refractivity contribution in [2.24, 2.45) is 17.1 Å². The third kappa shape index (κ3) is 4.08. The van der Waals surface area contributed by atoms with Gasteiger partial charge in [0.15, 0.2) is 0 Å². The van der Waals surface area contributed by atoms with Gasteiger partial charge < -0.3 is 10.8 Å². The summed E-state index contributed by atoms with van der Waals surface area (Å²) < 4.78 is 0. The van der Waals surface area contributed by atoms with Crippen LogP contribution >= 0.6 is 23.2 Å². The van der Waals surface area contributed by atoms with Crippen LogP contribution in [0.2, 0.25) is 10.0 Å². The zero-order chi connectivity index (χ0) is 20.3. The van der Waals surface area contributed by atoms with Crippen LogP contribution in [0.25, 0.3) is 11.1 Å². The maximum Gasteiger partial charge on any atom is 0.307 e. The van der Waals surface area contributed by atoms with E-state index < -0.39 is 23.2 Å². The van der Waals surface area contributed by atoms with E-state index >= 15 is 0 Å². The Morgan fingerprint density at radius 2 is 1.86 bits per heavy atom. The number of nitrogens with two attached hydrogens (primary N) is 1. The first-order valence-electron chi connectivity index (χ1n) is 9.05. The number of halogens is 2. The standard InChI is InChI=1S/C22H21Cl2NO3/c23-17-6-4-5-14(11-17)15-7-8-16(19(24)13-15)12-18(20(26)27)22(21(25)28)9-2-1-3-10-22/h1-2,4-8,11,13,18H,3,9-10,12H2,(H2,25,28)(H,26,27)/t18-,22?/m0/s1. The number of hydrogen-bond donors (Lipinski definition) is 2. The predicted octanol–water partition coefficient (Wildman–Crippen LogP) is 5.12. The highest BCUT2D eigenvalue weighted by Crippen LogP contribution is 2.42. The van der Waals surface area contributed by atoms with Gasteiger partial charge in [0.1, 0.15) is 0 Å². The number of hydrogen-bond acceptors (Lipinski definition) is 2. The minimum absolute atomic E-state index is 0.140. The van der Waals surface area contributed by atoms with Crippen LogP contribution in [0.1, 0.15) is 24.8 Å². The molecule has 2 atom stereocenters. The van der Waals surface area contributed by atoms with Crippen LogP contribution in [0.5, 0.6) is 0 Å². The first-order valence-corrected chi connectivity index (χ1v) is 9.81. The topological polar surface area (TPSA) is 80.4 Å². The molecular formula is C22H21Cl2NO3. The molecule has 1 aliphatic carbocycles. The number of carbonyl (C=O) groups excluding carboxylic acids is 1. The molecule has 3 rings (SSSR count). The summed E-state index contributed by atoms with van der Waals surface area (Å²) in [6.45, 7) is 0. The Morgan fingerprint density at radius 3 is 2.43 bits per heavy atom. The van der Waals surface area contributed by atoms with Gasteiger partial charge in [-0.05, 0) is 60.6 Å². The molecule has 3 N–H and O–H groups in total. The average Bonchev–Trinajstić information content (AvgIpc) is 2.67. The van der Waals surface area contributed by atoms with Crippen molar-refractivity contribution in [3.05, 3.63) is 70.2 Å². The number of benzene rings is 2. The number of carboxylic acids is 1. The molecule has 2 aromatic rings. The van der Waals surface area contributed by atoms with Gasteiger partial charge >= 0.3 is 5.97 Å². The molecule has 0 saturated carbocycles. The average molecular weight is 418 g/mol. The number of amides is 1. The van der Waals surface area contributed by atoms with Gasteiger partial charge in [-0.25, -0.2) is 0 Å². The van der Waals surface area contributed by atoms with E-state index in [0.29, 0.717) is 34.9 Å². The van der Waals surface area contributed by atoms with Gasteiger partial charge in [-0.2, -0.15) is 0 Å². The van der Waals surface area contributed by atoms with E-state index in [0.717, 1.165) is 11.1 Å². The molecule has 0 spiro atoms. The zero-order valence-corrected chi connectivity index (χ0v) is 16.7. The Labute approximate surface area is 174 Å². The maximum atomic E-state index is 12.2. The second-order valence-electron chi connectivity index (χ2n) is 7.15. The third-order valence-electron chi connectivity index (χ3n) is 5.50. The highest BCUT2D eigenvalue weighted by atomic mass is 35.5. The second-order valence-corrected chi connectivity index (χ2v) is 7.99. The van der Waals surface area contributed by atoms with E-state index in [4.69, 9.17) is 28.9 Å². The van der Waals surface area contributed by atoms with Crippen molar-refractivity contribution < 1.29 is 14.7 Å². The van der Waals surface area contributed by atoms with E-state index in [1.54, 1.807) is 12.1 Å². The zero-order valence-electron chi connectivity index (χ0n) is 15.2. The van der Waals surface area contributed by atoms with Gasteiger partial charge in [0.25, 0.3) is 0 Å². The highest BCUT2D eigenvalue weighted by Gasteiger charge is 2.47. The maximum absolute atomic E-state index is 12.2. The van der Waals surface area contributed by atoms with Crippen molar-refractivity contribution in [2.75, 3.05) is 0 Å². The molecule has 146 valence electrons. The molecule has 0 bridgehead atoms. The normalized spacial score (nSPS) is 19.9. The largest absolute Gasteiger partial charge is 0.481 e. The number of carboxylic acid groups (broad SMARTS) is 1. The summed E-state index contributed by atoms with van der Waals surface area (Å²) in [6, 6.07) is 12.9. The fourth-order valence-electron chi connectivity index (χ4n) is 3.87. The van der Waals surface area contributed by atoms with Gasteiger partial charge in [0.2, 0.25) is 5.91 Å². The Hall–Kier alpha value is -2.30. The van der Waals surface area contributed by atoms with Crippen LogP contribution in [-0.4, -0.2) is 17.0 Å². The number of allylic oxidation sites excluding steroid dienone is 2. The van der Waals surface area contributed by atoms with Crippen molar-refractivity contribution in [1.82, 2.24) is 0 Å². The van der Waals surface area contributed by atoms with Crippen LogP contribution < -0.4 is 5.73 Å². The van der Waals surface area contributed by atoms with Gasteiger partial charge in [0.05, 0.1) is 11.3 Å². The predicted molar refractivity (Wildman–Crippen MR) is 111 cm³/mol. The SMILES string of the molecule is NC(=O)C1([C@@H](Cc2ccc(-c3cccc(Cl)c3)cc2Cl)C(=O)O)CC=CCC1. The Bertz CT molecular complexity index is 941. The van der Waals surface area contributed by atoms with Gasteiger partial charge in [-0.1, -0.05) is 59.6 Å². The number of carbonyl (C=O) groups is 2. The summed E-state index contributed by atoms with van der Waals surface area (Å²) in [7, 11) is 0. The summed E-state index contributed by atoms with van der Waals surface area (Å²) in [5.74, 6) is -2.55. The smallest absolute Gasteiger partial charge is 0.307 e. The lowest BCUT2D eigenvalue weighted by Crippen LogP contribution is -2.47. The van der Waals surface area contributed by atoms with Crippen molar-refractivity contribution in [2.45, 2.75) is 25.7 Å². The molecule has 4 nitrogen and oxygen atoms in total. The molecule has 28 heavy (non-hydrogen) atoms. The molecule has 1 amide bonds. The molecule has 0 fully saturated rings. The molecule has 1 unspecified atom stereocenters. The van der Waals surface area contributed by atoms with Gasteiger partial charge in [0, 0.05) is 10.0 Å². The number of aliphatic carboxylic acids is 1. The summed E-state index contributed by atoms with van der Waals surface area (Å²) in [4.78, 5) is 24.3. The number of rotatable bonds is 6.